The fourth-order valence-electron chi connectivity index (χ4n) is 2.47. The lowest BCUT2D eigenvalue weighted by Gasteiger charge is -2.09. The zero-order chi connectivity index (χ0) is 21.2. The Hall–Kier alpha value is -3.32. The van der Waals surface area contributed by atoms with Crippen molar-refractivity contribution in [2.75, 3.05) is 12.4 Å². The van der Waals surface area contributed by atoms with Crippen LogP contribution in [0.2, 0.25) is 5.02 Å². The number of anilines is 1. The number of phenolic OH excluding ortho intramolecular Hbond substituents is 1. The van der Waals surface area contributed by atoms with Crippen molar-refractivity contribution in [1.29, 1.82) is 0 Å². The van der Waals surface area contributed by atoms with Crippen LogP contribution in [-0.4, -0.2) is 30.2 Å². The van der Waals surface area contributed by atoms with Gasteiger partial charge >= 0.3 is 0 Å². The van der Waals surface area contributed by atoms with Crippen molar-refractivity contribution in [2.45, 2.75) is 19.3 Å². The Morgan fingerprint density at radius 1 is 1.24 bits per heavy atom. The summed E-state index contributed by atoms with van der Waals surface area (Å²) in [5.41, 5.74) is 4.12. The Kier molecular flexibility index (Phi) is 8.24. The number of allylic oxidation sites excluding steroid dienone is 1. The molecule has 0 spiro atoms. The van der Waals surface area contributed by atoms with Gasteiger partial charge in [-0.2, -0.15) is 5.10 Å². The van der Waals surface area contributed by atoms with Gasteiger partial charge in [0.25, 0.3) is 0 Å². The average Bonchev–Trinajstić information content (AvgIpc) is 2.70. The molecule has 2 aromatic rings. The quantitative estimate of drug-likeness (QED) is 0.330. The molecular weight excluding hydrogens is 394 g/mol. The van der Waals surface area contributed by atoms with Gasteiger partial charge in [0.15, 0.2) is 11.5 Å². The number of hydrogen-bond acceptors (Lipinski definition) is 5. The number of phenols is 1. The van der Waals surface area contributed by atoms with Gasteiger partial charge in [0.2, 0.25) is 11.8 Å². The molecule has 0 saturated heterocycles. The maximum absolute atomic E-state index is 11.9. The number of aromatic hydroxyl groups is 1. The highest BCUT2D eigenvalue weighted by atomic mass is 35.5. The summed E-state index contributed by atoms with van der Waals surface area (Å²) in [7, 11) is 1.45. The molecule has 0 bridgehead atoms. The standard InChI is InChI=1S/C21H22ClN3O4/c1-3-6-15-11-14(12-18(29-2)21(15)28)13-23-25-20(27)10-9-19(26)24-17-8-5-4-7-16(17)22/h3-5,7-8,11-13,28H,1,6,9-10H2,2H3,(H,24,26)(H,25,27). The third-order valence-electron chi connectivity index (χ3n) is 3.89. The van der Waals surface area contributed by atoms with E-state index in [9.17, 15) is 14.7 Å². The minimum atomic E-state index is -0.410. The van der Waals surface area contributed by atoms with Gasteiger partial charge in [-0.25, -0.2) is 5.43 Å². The summed E-state index contributed by atoms with van der Waals surface area (Å²) < 4.78 is 5.14. The molecule has 8 heteroatoms. The molecule has 29 heavy (non-hydrogen) atoms. The molecule has 7 nitrogen and oxygen atoms in total. The molecule has 0 aromatic heterocycles. The Morgan fingerprint density at radius 3 is 2.66 bits per heavy atom. The summed E-state index contributed by atoms with van der Waals surface area (Å²) in [5, 5.41) is 17.0. The SMILES string of the molecule is C=CCc1cc(C=NNC(=O)CCC(=O)Nc2ccccc2Cl)cc(OC)c1O. The van der Waals surface area contributed by atoms with Gasteiger partial charge in [0.1, 0.15) is 0 Å². The summed E-state index contributed by atoms with van der Waals surface area (Å²) in [6.45, 7) is 3.65. The highest BCUT2D eigenvalue weighted by molar-refractivity contribution is 6.33. The van der Waals surface area contributed by atoms with Crippen LogP contribution in [0.25, 0.3) is 0 Å². The number of benzene rings is 2. The summed E-state index contributed by atoms with van der Waals surface area (Å²) in [5.74, 6) is -0.395. The predicted molar refractivity (Wildman–Crippen MR) is 114 cm³/mol. The Bertz CT molecular complexity index is 928. The molecule has 0 unspecified atom stereocenters. The van der Waals surface area contributed by atoms with Gasteiger partial charge in [-0.15, -0.1) is 6.58 Å². The number of rotatable bonds is 9. The van der Waals surface area contributed by atoms with Gasteiger partial charge in [0, 0.05) is 18.4 Å². The first-order valence-electron chi connectivity index (χ1n) is 8.81. The van der Waals surface area contributed by atoms with Crippen molar-refractivity contribution in [3.8, 4) is 11.5 Å². The molecule has 0 radical (unpaired) electrons. The van der Waals surface area contributed by atoms with E-state index in [1.165, 1.54) is 13.3 Å². The van der Waals surface area contributed by atoms with E-state index >= 15 is 0 Å². The van der Waals surface area contributed by atoms with Crippen LogP contribution in [0.15, 0.2) is 54.2 Å². The number of amides is 2. The molecule has 0 aliphatic carbocycles. The van der Waals surface area contributed by atoms with E-state index in [0.29, 0.717) is 34.0 Å². The molecule has 0 aliphatic heterocycles. The number of carbonyl (C=O) groups excluding carboxylic acids is 2. The number of nitrogens with one attached hydrogen (secondary N) is 2. The lowest BCUT2D eigenvalue weighted by Crippen LogP contribution is -2.20. The van der Waals surface area contributed by atoms with E-state index < -0.39 is 5.91 Å². The van der Waals surface area contributed by atoms with Crippen LogP contribution in [0.3, 0.4) is 0 Å². The lowest BCUT2D eigenvalue weighted by molar-refractivity contribution is -0.124. The van der Waals surface area contributed by atoms with Gasteiger partial charge < -0.3 is 15.2 Å². The maximum atomic E-state index is 11.9. The minimum absolute atomic E-state index is 0.0108. The second kappa shape index (κ2) is 10.9. The molecule has 2 rings (SSSR count). The summed E-state index contributed by atoms with van der Waals surface area (Å²) >= 11 is 5.98. The van der Waals surface area contributed by atoms with Crippen molar-refractivity contribution < 1.29 is 19.4 Å². The highest BCUT2D eigenvalue weighted by Gasteiger charge is 2.10. The zero-order valence-corrected chi connectivity index (χ0v) is 16.7. The van der Waals surface area contributed by atoms with Crippen molar-refractivity contribution >= 4 is 35.3 Å². The molecule has 0 heterocycles. The second-order valence-electron chi connectivity index (χ2n) is 6.04. The van der Waals surface area contributed by atoms with E-state index in [4.69, 9.17) is 16.3 Å². The van der Waals surface area contributed by atoms with Crippen LogP contribution in [0, 0.1) is 0 Å². The van der Waals surface area contributed by atoms with Gasteiger partial charge in [-0.3, -0.25) is 9.59 Å². The topological polar surface area (TPSA) is 100 Å². The maximum Gasteiger partial charge on any atom is 0.240 e. The zero-order valence-electron chi connectivity index (χ0n) is 15.9. The Labute approximate surface area is 174 Å². The van der Waals surface area contributed by atoms with E-state index in [-0.39, 0.29) is 24.5 Å². The normalized spacial score (nSPS) is 10.6. The molecule has 0 aliphatic rings. The molecule has 3 N–H and O–H groups in total. The van der Waals surface area contributed by atoms with Gasteiger partial charge in [-0.1, -0.05) is 29.8 Å². The van der Waals surface area contributed by atoms with Crippen LogP contribution in [0.5, 0.6) is 11.5 Å². The number of hydrogen-bond donors (Lipinski definition) is 3. The number of halogens is 1. The predicted octanol–water partition coefficient (Wildman–Crippen LogP) is 3.65. The smallest absolute Gasteiger partial charge is 0.240 e. The lowest BCUT2D eigenvalue weighted by atomic mass is 10.1. The molecule has 0 atom stereocenters. The van der Waals surface area contributed by atoms with E-state index in [0.717, 1.165) is 0 Å². The summed E-state index contributed by atoms with van der Waals surface area (Å²) in [6.07, 6.45) is 3.50. The van der Waals surface area contributed by atoms with Crippen molar-refractivity contribution in [2.24, 2.45) is 5.10 Å². The highest BCUT2D eigenvalue weighted by Crippen LogP contribution is 2.31. The van der Waals surface area contributed by atoms with Crippen molar-refractivity contribution in [3.63, 3.8) is 0 Å². The van der Waals surface area contributed by atoms with E-state index in [1.807, 2.05) is 0 Å². The Morgan fingerprint density at radius 2 is 1.97 bits per heavy atom. The fourth-order valence-corrected chi connectivity index (χ4v) is 2.65. The first-order chi connectivity index (χ1) is 13.9. The molecule has 2 amide bonds. The first kappa shape index (κ1) is 22.0. The van der Waals surface area contributed by atoms with Crippen molar-refractivity contribution in [1.82, 2.24) is 5.43 Å². The number of nitrogens with zero attached hydrogens (tertiary/aromatic N) is 1. The molecule has 0 fully saturated rings. The third-order valence-corrected chi connectivity index (χ3v) is 4.22. The van der Waals surface area contributed by atoms with E-state index in [2.05, 4.69) is 22.4 Å². The summed E-state index contributed by atoms with van der Waals surface area (Å²) in [4.78, 5) is 23.8. The molecule has 152 valence electrons. The fraction of sp³-hybridized carbons (Fsp3) is 0.190. The monoisotopic (exact) mass is 415 g/mol. The average molecular weight is 416 g/mol. The van der Waals surface area contributed by atoms with Crippen LogP contribution in [-0.2, 0) is 16.0 Å². The van der Waals surface area contributed by atoms with Crippen LogP contribution in [0.1, 0.15) is 24.0 Å². The molecular formula is C21H22ClN3O4. The van der Waals surface area contributed by atoms with Crippen LogP contribution >= 0.6 is 11.6 Å². The number of ether oxygens (including phenoxy) is 1. The van der Waals surface area contributed by atoms with Gasteiger partial charge in [0.05, 0.1) is 24.0 Å². The van der Waals surface area contributed by atoms with Crippen LogP contribution < -0.4 is 15.5 Å². The summed E-state index contributed by atoms with van der Waals surface area (Å²) in [6, 6.07) is 10.2. The van der Waals surface area contributed by atoms with Crippen LogP contribution in [0.4, 0.5) is 5.69 Å². The number of hydrazone groups is 1. The van der Waals surface area contributed by atoms with Gasteiger partial charge in [-0.05, 0) is 36.2 Å². The minimum Gasteiger partial charge on any atom is -0.504 e. The number of methoxy groups -OCH3 is 1. The largest absolute Gasteiger partial charge is 0.504 e. The molecule has 2 aromatic carbocycles. The van der Waals surface area contributed by atoms with Crippen molar-refractivity contribution in [3.05, 3.63) is 65.2 Å². The Balaban J connectivity index is 1.88. The second-order valence-corrected chi connectivity index (χ2v) is 6.45. The number of para-hydroxylation sites is 1. The number of carbonyl (C=O) groups is 2. The third kappa shape index (κ3) is 6.65. The van der Waals surface area contributed by atoms with E-state index in [1.54, 1.807) is 42.5 Å². The molecule has 0 saturated carbocycles. The first-order valence-corrected chi connectivity index (χ1v) is 9.19.